The van der Waals surface area contributed by atoms with Crippen molar-refractivity contribution in [3.63, 3.8) is 0 Å². The van der Waals surface area contributed by atoms with Crippen LogP contribution in [0.4, 0.5) is 4.39 Å². The van der Waals surface area contributed by atoms with Gasteiger partial charge in [0.15, 0.2) is 0 Å². The molecule has 0 spiro atoms. The molecule has 1 aromatic heterocycles. The highest BCUT2D eigenvalue weighted by Gasteiger charge is 2.10. The predicted molar refractivity (Wildman–Crippen MR) is 57.5 cm³/mol. The highest BCUT2D eigenvalue weighted by molar-refractivity contribution is 5.33. The Kier molecular flexibility index (Phi) is 2.98. The molecule has 0 aliphatic heterocycles. The number of halogens is 1. The Hall–Kier alpha value is -1.72. The Morgan fingerprint density at radius 3 is 2.88 bits per heavy atom. The third-order valence-corrected chi connectivity index (χ3v) is 2.30. The molecular formula is C11H12FN3O. The molecule has 0 saturated heterocycles. The molecule has 3 N–H and O–H groups in total. The molecule has 0 bridgehead atoms. The fraction of sp³-hybridized carbons (Fsp3) is 0.182. The lowest BCUT2D eigenvalue weighted by Crippen LogP contribution is -2.11. The lowest BCUT2D eigenvalue weighted by Gasteiger charge is -2.04. The zero-order valence-electron chi connectivity index (χ0n) is 8.55. The molecule has 0 aliphatic carbocycles. The lowest BCUT2D eigenvalue weighted by atomic mass is 10.3. The van der Waals surface area contributed by atoms with E-state index >= 15 is 0 Å². The summed E-state index contributed by atoms with van der Waals surface area (Å²) in [6, 6.07) is 6.35. The zero-order valence-corrected chi connectivity index (χ0v) is 8.55. The van der Waals surface area contributed by atoms with Crippen LogP contribution in [0, 0.1) is 5.82 Å². The Balaban J connectivity index is 2.35. The summed E-state index contributed by atoms with van der Waals surface area (Å²) >= 11 is 0. The van der Waals surface area contributed by atoms with E-state index in [-0.39, 0.29) is 12.4 Å². The lowest BCUT2D eigenvalue weighted by molar-refractivity contribution is 0.182. The maximum atomic E-state index is 13.4. The molecule has 1 aromatic carbocycles. The normalized spacial score (nSPS) is 12.7. The van der Waals surface area contributed by atoms with Crippen molar-refractivity contribution in [2.24, 2.45) is 5.73 Å². The summed E-state index contributed by atoms with van der Waals surface area (Å²) in [6.07, 6.45) is 2.20. The summed E-state index contributed by atoms with van der Waals surface area (Å²) in [5.74, 6) is -0.339. The van der Waals surface area contributed by atoms with Gasteiger partial charge in [0, 0.05) is 12.7 Å². The van der Waals surface area contributed by atoms with E-state index in [2.05, 4.69) is 4.98 Å². The van der Waals surface area contributed by atoms with Gasteiger partial charge in [0.25, 0.3) is 0 Å². The molecule has 0 saturated carbocycles. The van der Waals surface area contributed by atoms with Crippen LogP contribution in [0.5, 0.6) is 0 Å². The number of hydrogen-bond acceptors (Lipinski definition) is 3. The summed E-state index contributed by atoms with van der Waals surface area (Å²) in [6.45, 7) is 0.0916. The number of aromatic nitrogens is 2. The fourth-order valence-electron chi connectivity index (χ4n) is 1.42. The summed E-state index contributed by atoms with van der Waals surface area (Å²) in [5, 5.41) is 9.46. The Morgan fingerprint density at radius 1 is 1.44 bits per heavy atom. The standard InChI is InChI=1S/C11H12FN3O/c12-8-3-1-2-4-10(8)15-6-9(14-7-15)11(16)5-13/h1-4,6-7,11,16H,5,13H2. The first kappa shape index (κ1) is 10.8. The monoisotopic (exact) mass is 221 g/mol. The van der Waals surface area contributed by atoms with E-state index in [0.717, 1.165) is 0 Å². The topological polar surface area (TPSA) is 64.1 Å². The van der Waals surface area contributed by atoms with E-state index in [1.54, 1.807) is 24.4 Å². The average Bonchev–Trinajstić information content (AvgIpc) is 2.78. The van der Waals surface area contributed by atoms with Gasteiger partial charge < -0.3 is 15.4 Å². The Labute approximate surface area is 92.2 Å². The minimum atomic E-state index is -0.812. The second-order valence-corrected chi connectivity index (χ2v) is 3.41. The SMILES string of the molecule is NCC(O)c1cn(-c2ccccc2F)cn1. The van der Waals surface area contributed by atoms with E-state index in [1.165, 1.54) is 17.0 Å². The highest BCUT2D eigenvalue weighted by atomic mass is 19.1. The Morgan fingerprint density at radius 2 is 2.19 bits per heavy atom. The van der Waals surface area contributed by atoms with Crippen LogP contribution in [0.3, 0.4) is 0 Å². The average molecular weight is 221 g/mol. The molecule has 84 valence electrons. The number of para-hydroxylation sites is 1. The van der Waals surface area contributed by atoms with E-state index < -0.39 is 6.10 Å². The summed E-state index contributed by atoms with van der Waals surface area (Å²) in [4.78, 5) is 3.97. The van der Waals surface area contributed by atoms with Crippen molar-refractivity contribution in [3.05, 3.63) is 48.3 Å². The minimum absolute atomic E-state index is 0.0916. The van der Waals surface area contributed by atoms with Crippen molar-refractivity contribution >= 4 is 0 Å². The van der Waals surface area contributed by atoms with Crippen LogP contribution in [-0.2, 0) is 0 Å². The number of nitrogens with two attached hydrogens (primary N) is 1. The van der Waals surface area contributed by atoms with Crippen LogP contribution in [0.15, 0.2) is 36.8 Å². The van der Waals surface area contributed by atoms with Crippen LogP contribution in [0.2, 0.25) is 0 Å². The van der Waals surface area contributed by atoms with Gasteiger partial charge in [0.2, 0.25) is 0 Å². The number of hydrogen-bond donors (Lipinski definition) is 2. The van der Waals surface area contributed by atoms with Gasteiger partial charge in [-0.25, -0.2) is 9.37 Å². The van der Waals surface area contributed by atoms with E-state index in [9.17, 15) is 9.50 Å². The second kappa shape index (κ2) is 4.42. The summed E-state index contributed by atoms with van der Waals surface area (Å²) < 4.78 is 14.9. The molecule has 4 nitrogen and oxygen atoms in total. The molecule has 2 rings (SSSR count). The number of aliphatic hydroxyl groups is 1. The number of benzene rings is 1. The van der Waals surface area contributed by atoms with Crippen LogP contribution in [-0.4, -0.2) is 21.2 Å². The van der Waals surface area contributed by atoms with Crippen molar-refractivity contribution in [2.75, 3.05) is 6.54 Å². The molecule has 1 heterocycles. The molecular weight excluding hydrogens is 209 g/mol. The van der Waals surface area contributed by atoms with E-state index in [4.69, 9.17) is 5.73 Å². The molecule has 0 radical (unpaired) electrons. The van der Waals surface area contributed by atoms with Crippen LogP contribution < -0.4 is 5.73 Å². The van der Waals surface area contributed by atoms with Gasteiger partial charge in [-0.15, -0.1) is 0 Å². The zero-order chi connectivity index (χ0) is 11.5. The van der Waals surface area contributed by atoms with Crippen molar-refractivity contribution in [1.29, 1.82) is 0 Å². The first-order chi connectivity index (χ1) is 7.72. The van der Waals surface area contributed by atoms with E-state index in [0.29, 0.717) is 11.4 Å². The van der Waals surface area contributed by atoms with Crippen molar-refractivity contribution in [2.45, 2.75) is 6.10 Å². The maximum absolute atomic E-state index is 13.4. The molecule has 1 unspecified atom stereocenters. The van der Waals surface area contributed by atoms with Gasteiger partial charge in [-0.1, -0.05) is 12.1 Å². The third kappa shape index (κ3) is 1.95. The number of rotatable bonds is 3. The smallest absolute Gasteiger partial charge is 0.147 e. The predicted octanol–water partition coefficient (Wildman–Crippen LogP) is 1.00. The quantitative estimate of drug-likeness (QED) is 0.812. The largest absolute Gasteiger partial charge is 0.385 e. The molecule has 16 heavy (non-hydrogen) atoms. The van der Waals surface area contributed by atoms with Crippen LogP contribution in [0.1, 0.15) is 11.8 Å². The van der Waals surface area contributed by atoms with Gasteiger partial charge >= 0.3 is 0 Å². The molecule has 1 atom stereocenters. The molecule has 0 aliphatic rings. The summed E-state index contributed by atoms with van der Waals surface area (Å²) in [7, 11) is 0. The first-order valence-corrected chi connectivity index (χ1v) is 4.89. The highest BCUT2D eigenvalue weighted by Crippen LogP contribution is 2.15. The second-order valence-electron chi connectivity index (χ2n) is 3.41. The van der Waals surface area contributed by atoms with Crippen LogP contribution in [0.25, 0.3) is 5.69 Å². The Bertz CT molecular complexity index is 484. The van der Waals surface area contributed by atoms with Gasteiger partial charge in [-0.2, -0.15) is 0 Å². The van der Waals surface area contributed by atoms with Crippen molar-refractivity contribution < 1.29 is 9.50 Å². The van der Waals surface area contributed by atoms with Gasteiger partial charge in [-0.3, -0.25) is 0 Å². The molecule has 5 heteroatoms. The maximum Gasteiger partial charge on any atom is 0.147 e. The van der Waals surface area contributed by atoms with Crippen molar-refractivity contribution in [3.8, 4) is 5.69 Å². The van der Waals surface area contributed by atoms with Gasteiger partial charge in [0.05, 0.1) is 17.7 Å². The van der Waals surface area contributed by atoms with Crippen LogP contribution >= 0.6 is 0 Å². The molecule has 0 amide bonds. The first-order valence-electron chi connectivity index (χ1n) is 4.89. The molecule has 0 fully saturated rings. The fourth-order valence-corrected chi connectivity index (χ4v) is 1.42. The van der Waals surface area contributed by atoms with Gasteiger partial charge in [-0.05, 0) is 12.1 Å². The third-order valence-electron chi connectivity index (χ3n) is 2.30. The number of imidazole rings is 1. The van der Waals surface area contributed by atoms with Gasteiger partial charge in [0.1, 0.15) is 11.9 Å². The van der Waals surface area contributed by atoms with Crippen molar-refractivity contribution in [1.82, 2.24) is 9.55 Å². The summed E-state index contributed by atoms with van der Waals surface area (Å²) in [5.41, 5.74) is 6.14. The number of aliphatic hydroxyl groups excluding tert-OH is 1. The van der Waals surface area contributed by atoms with E-state index in [1.807, 2.05) is 0 Å². The molecule has 2 aromatic rings. The number of nitrogens with zero attached hydrogens (tertiary/aromatic N) is 2. The minimum Gasteiger partial charge on any atom is -0.385 e.